The maximum atomic E-state index is 12.7. The smallest absolute Gasteiger partial charge is 0.226 e. The molecule has 0 aromatic rings. The molecule has 2 saturated heterocycles. The molecule has 3 fully saturated rings. The van der Waals surface area contributed by atoms with Crippen LogP contribution in [0.25, 0.3) is 0 Å². The second kappa shape index (κ2) is 5.96. The molecule has 3 aliphatic rings. The fraction of sp³-hybridized carbons (Fsp3) is 0.867. The number of carbonyl (C=O) groups excluding carboxylic acids is 2. The van der Waals surface area contributed by atoms with Crippen LogP contribution in [0.2, 0.25) is 0 Å². The van der Waals surface area contributed by atoms with E-state index in [0.29, 0.717) is 17.7 Å². The number of nitrogens with zero attached hydrogens (tertiary/aromatic N) is 1. The molecule has 4 nitrogen and oxygen atoms in total. The van der Waals surface area contributed by atoms with Gasteiger partial charge in [0.2, 0.25) is 11.8 Å². The molecule has 3 rings (SSSR count). The van der Waals surface area contributed by atoms with Gasteiger partial charge in [-0.1, -0.05) is 19.3 Å². The fourth-order valence-corrected chi connectivity index (χ4v) is 5.35. The summed E-state index contributed by atoms with van der Waals surface area (Å²) < 4.78 is 0.323. The Morgan fingerprint density at radius 3 is 2.85 bits per heavy atom. The lowest BCUT2D eigenvalue weighted by Gasteiger charge is -2.45. The normalized spacial score (nSPS) is 30.1. The van der Waals surface area contributed by atoms with Gasteiger partial charge in [-0.2, -0.15) is 11.8 Å². The molecule has 5 heteroatoms. The van der Waals surface area contributed by atoms with E-state index in [9.17, 15) is 9.59 Å². The van der Waals surface area contributed by atoms with Crippen molar-refractivity contribution in [1.29, 1.82) is 0 Å². The molecule has 0 bridgehead atoms. The van der Waals surface area contributed by atoms with Gasteiger partial charge in [-0.25, -0.2) is 0 Å². The number of piperidine rings is 1. The third-order valence-corrected chi connectivity index (χ3v) is 6.46. The Morgan fingerprint density at radius 1 is 1.30 bits per heavy atom. The van der Waals surface area contributed by atoms with Crippen LogP contribution in [0.1, 0.15) is 44.9 Å². The number of rotatable bonds is 1. The first kappa shape index (κ1) is 14.2. The number of thioether (sulfide) groups is 1. The van der Waals surface area contributed by atoms with E-state index in [2.05, 4.69) is 22.0 Å². The molecule has 20 heavy (non-hydrogen) atoms. The number of amides is 2. The van der Waals surface area contributed by atoms with E-state index in [1.54, 1.807) is 0 Å². The lowest BCUT2D eigenvalue weighted by Crippen LogP contribution is -2.52. The Morgan fingerprint density at radius 2 is 2.10 bits per heavy atom. The van der Waals surface area contributed by atoms with E-state index in [1.807, 2.05) is 0 Å². The highest BCUT2D eigenvalue weighted by atomic mass is 32.2. The van der Waals surface area contributed by atoms with Crippen LogP contribution in [0, 0.1) is 5.92 Å². The summed E-state index contributed by atoms with van der Waals surface area (Å²) in [5, 5.41) is 2.81. The summed E-state index contributed by atoms with van der Waals surface area (Å²) in [6.07, 6.45) is 7.66. The lowest BCUT2D eigenvalue weighted by molar-refractivity contribution is -0.140. The van der Waals surface area contributed by atoms with Crippen LogP contribution < -0.4 is 5.32 Å². The standard InChI is InChI=1S/C15H24N2O2S/c18-13-10-12(4-7-16-13)14(19)17-8-9-20-15(11-17)5-2-1-3-6-15/h12H,1-11H2,(H,16,18). The van der Waals surface area contributed by atoms with E-state index in [-0.39, 0.29) is 17.7 Å². The number of carbonyl (C=O) groups is 2. The zero-order chi connectivity index (χ0) is 14.0. The highest BCUT2D eigenvalue weighted by Gasteiger charge is 2.40. The Kier molecular flexibility index (Phi) is 4.24. The van der Waals surface area contributed by atoms with Gasteiger partial charge in [0.05, 0.1) is 0 Å². The minimum Gasteiger partial charge on any atom is -0.356 e. The molecule has 112 valence electrons. The van der Waals surface area contributed by atoms with Crippen molar-refractivity contribution in [3.63, 3.8) is 0 Å². The molecule has 1 N–H and O–H groups in total. The van der Waals surface area contributed by atoms with Crippen LogP contribution in [0.15, 0.2) is 0 Å². The topological polar surface area (TPSA) is 49.4 Å². The quantitative estimate of drug-likeness (QED) is 0.802. The SMILES string of the molecule is O=C1CC(C(=O)N2CCSC3(CCCCC3)C2)CCN1. The van der Waals surface area contributed by atoms with Gasteiger partial charge in [-0.05, 0) is 19.3 Å². The van der Waals surface area contributed by atoms with Crippen molar-refractivity contribution in [3.8, 4) is 0 Å². The van der Waals surface area contributed by atoms with Crippen molar-refractivity contribution in [1.82, 2.24) is 10.2 Å². The van der Waals surface area contributed by atoms with E-state index in [0.717, 1.165) is 25.3 Å². The summed E-state index contributed by atoms with van der Waals surface area (Å²) in [6.45, 7) is 2.43. The Labute approximate surface area is 125 Å². The van der Waals surface area contributed by atoms with Crippen LogP contribution in [-0.4, -0.2) is 46.8 Å². The van der Waals surface area contributed by atoms with Crippen molar-refractivity contribution in [2.75, 3.05) is 25.4 Å². The summed E-state index contributed by atoms with van der Waals surface area (Å²) in [6, 6.07) is 0. The highest BCUT2D eigenvalue weighted by Crippen LogP contribution is 2.43. The Hall–Kier alpha value is -0.710. The van der Waals surface area contributed by atoms with Gasteiger partial charge in [0, 0.05) is 42.5 Å². The van der Waals surface area contributed by atoms with Gasteiger partial charge in [0.1, 0.15) is 0 Å². The molecule has 2 aliphatic heterocycles. The van der Waals surface area contributed by atoms with E-state index in [4.69, 9.17) is 0 Å². The monoisotopic (exact) mass is 296 g/mol. The van der Waals surface area contributed by atoms with Crippen LogP contribution in [0.5, 0.6) is 0 Å². The second-order valence-corrected chi connectivity index (χ2v) is 7.95. The van der Waals surface area contributed by atoms with E-state index < -0.39 is 0 Å². The molecule has 1 saturated carbocycles. The van der Waals surface area contributed by atoms with E-state index in [1.165, 1.54) is 32.1 Å². The third-order valence-electron chi connectivity index (χ3n) is 4.92. The number of hydrogen-bond donors (Lipinski definition) is 1. The van der Waals surface area contributed by atoms with Gasteiger partial charge in [-0.3, -0.25) is 9.59 Å². The molecule has 0 aromatic heterocycles. The first-order valence-corrected chi connectivity index (χ1v) is 8.87. The highest BCUT2D eigenvalue weighted by molar-refractivity contribution is 8.00. The van der Waals surface area contributed by atoms with Crippen molar-refractivity contribution >= 4 is 23.6 Å². The summed E-state index contributed by atoms with van der Waals surface area (Å²) in [7, 11) is 0. The first-order chi connectivity index (χ1) is 9.69. The van der Waals surface area contributed by atoms with Gasteiger partial charge in [-0.15, -0.1) is 0 Å². The van der Waals surface area contributed by atoms with Gasteiger partial charge >= 0.3 is 0 Å². The maximum absolute atomic E-state index is 12.7. The number of nitrogens with one attached hydrogen (secondary N) is 1. The molecular formula is C15H24N2O2S. The zero-order valence-corrected chi connectivity index (χ0v) is 12.8. The largest absolute Gasteiger partial charge is 0.356 e. The first-order valence-electron chi connectivity index (χ1n) is 7.88. The predicted octanol–water partition coefficient (Wildman–Crippen LogP) is 1.79. The Balaban J connectivity index is 1.63. The summed E-state index contributed by atoms with van der Waals surface area (Å²) in [5.41, 5.74) is 0. The summed E-state index contributed by atoms with van der Waals surface area (Å²) in [4.78, 5) is 26.2. The molecule has 0 radical (unpaired) electrons. The minimum absolute atomic E-state index is 0.0355. The van der Waals surface area contributed by atoms with Gasteiger partial charge in [0.25, 0.3) is 0 Å². The van der Waals surface area contributed by atoms with Crippen LogP contribution in [0.4, 0.5) is 0 Å². The summed E-state index contributed by atoms with van der Waals surface area (Å²) >= 11 is 2.08. The van der Waals surface area contributed by atoms with Crippen molar-refractivity contribution in [2.24, 2.45) is 5.92 Å². The van der Waals surface area contributed by atoms with Crippen molar-refractivity contribution in [3.05, 3.63) is 0 Å². The van der Waals surface area contributed by atoms with Crippen LogP contribution in [0.3, 0.4) is 0 Å². The summed E-state index contributed by atoms with van der Waals surface area (Å²) in [5.74, 6) is 1.25. The van der Waals surface area contributed by atoms with Crippen molar-refractivity contribution in [2.45, 2.75) is 49.7 Å². The van der Waals surface area contributed by atoms with Gasteiger partial charge < -0.3 is 10.2 Å². The third kappa shape index (κ3) is 2.97. The van der Waals surface area contributed by atoms with Gasteiger partial charge in [0.15, 0.2) is 0 Å². The average molecular weight is 296 g/mol. The molecule has 2 amide bonds. The predicted molar refractivity (Wildman–Crippen MR) is 80.6 cm³/mol. The molecule has 1 atom stereocenters. The molecule has 1 spiro atoms. The molecule has 1 aliphatic carbocycles. The van der Waals surface area contributed by atoms with Crippen molar-refractivity contribution < 1.29 is 9.59 Å². The lowest BCUT2D eigenvalue weighted by atomic mass is 9.87. The van der Waals surface area contributed by atoms with E-state index >= 15 is 0 Å². The minimum atomic E-state index is -0.0764. The molecular weight excluding hydrogens is 272 g/mol. The zero-order valence-electron chi connectivity index (χ0n) is 12.0. The molecule has 1 unspecified atom stereocenters. The molecule has 0 aromatic carbocycles. The Bertz CT molecular complexity index is 388. The fourth-order valence-electron chi connectivity index (χ4n) is 3.78. The molecule has 2 heterocycles. The van der Waals surface area contributed by atoms with Crippen LogP contribution >= 0.6 is 11.8 Å². The number of hydrogen-bond acceptors (Lipinski definition) is 3. The maximum Gasteiger partial charge on any atom is 0.226 e. The average Bonchev–Trinajstić information content (AvgIpc) is 2.47. The van der Waals surface area contributed by atoms with Crippen LogP contribution in [-0.2, 0) is 9.59 Å². The second-order valence-electron chi connectivity index (χ2n) is 6.39.